The summed E-state index contributed by atoms with van der Waals surface area (Å²) in [6, 6.07) is 15.1. The zero-order chi connectivity index (χ0) is 20.1. The Hall–Kier alpha value is -3.02. The van der Waals surface area contributed by atoms with Gasteiger partial charge in [0.1, 0.15) is 11.8 Å². The van der Waals surface area contributed by atoms with E-state index in [-0.39, 0.29) is 18.4 Å². The van der Waals surface area contributed by atoms with Crippen LogP contribution in [-0.2, 0) is 9.59 Å². The molecule has 1 atom stereocenters. The van der Waals surface area contributed by atoms with Crippen LogP contribution in [0.5, 0.6) is 5.75 Å². The number of aryl methyl sites for hydroxylation is 1. The van der Waals surface area contributed by atoms with Gasteiger partial charge in [-0.15, -0.1) is 0 Å². The molecule has 0 radical (unpaired) electrons. The molecule has 0 unspecified atom stereocenters. The summed E-state index contributed by atoms with van der Waals surface area (Å²) in [6.07, 6.45) is 0. The Bertz CT molecular complexity index is 838. The fraction of sp³-hybridized carbons (Fsp3) is 0.364. The maximum Gasteiger partial charge on any atom is 0.265 e. The lowest BCUT2D eigenvalue weighted by Crippen LogP contribution is -2.52. The molecule has 0 saturated carbocycles. The SMILES string of the molecule is CCN(CCNC(=O)[C@@H](C)N1C(=O)COc2ccc(C)cc21)c1ccccc1. The number of rotatable bonds is 7. The van der Waals surface area contributed by atoms with Crippen molar-refractivity contribution < 1.29 is 14.3 Å². The Morgan fingerprint density at radius 1 is 1.25 bits per heavy atom. The van der Waals surface area contributed by atoms with Crippen LogP contribution in [0.25, 0.3) is 0 Å². The number of likely N-dealkylation sites (N-methyl/N-ethyl adjacent to an activating group) is 1. The molecule has 1 N–H and O–H groups in total. The highest BCUT2D eigenvalue weighted by Gasteiger charge is 2.33. The lowest BCUT2D eigenvalue weighted by molar-refractivity contribution is -0.127. The molecule has 0 aromatic heterocycles. The second-order valence-corrected chi connectivity index (χ2v) is 6.91. The van der Waals surface area contributed by atoms with E-state index in [0.717, 1.165) is 17.8 Å². The second kappa shape index (κ2) is 8.78. The first-order valence-corrected chi connectivity index (χ1v) is 9.64. The molecule has 1 heterocycles. The molecular weight excluding hydrogens is 354 g/mol. The van der Waals surface area contributed by atoms with Crippen molar-refractivity contribution in [2.45, 2.75) is 26.8 Å². The monoisotopic (exact) mass is 381 g/mol. The van der Waals surface area contributed by atoms with Crippen LogP contribution >= 0.6 is 0 Å². The molecule has 0 aliphatic carbocycles. The Morgan fingerprint density at radius 2 is 2.00 bits per heavy atom. The van der Waals surface area contributed by atoms with E-state index in [2.05, 4.69) is 29.3 Å². The average molecular weight is 381 g/mol. The van der Waals surface area contributed by atoms with Gasteiger partial charge in [-0.2, -0.15) is 0 Å². The van der Waals surface area contributed by atoms with E-state index in [1.807, 2.05) is 43.3 Å². The minimum Gasteiger partial charge on any atom is -0.482 e. The van der Waals surface area contributed by atoms with Crippen LogP contribution in [0.4, 0.5) is 11.4 Å². The van der Waals surface area contributed by atoms with Gasteiger partial charge < -0.3 is 15.0 Å². The van der Waals surface area contributed by atoms with Gasteiger partial charge in [-0.1, -0.05) is 24.3 Å². The average Bonchev–Trinajstić information content (AvgIpc) is 2.71. The number of carbonyl (C=O) groups excluding carboxylic acids is 2. The van der Waals surface area contributed by atoms with Crippen molar-refractivity contribution in [3.05, 3.63) is 54.1 Å². The van der Waals surface area contributed by atoms with Gasteiger partial charge in [0.05, 0.1) is 5.69 Å². The van der Waals surface area contributed by atoms with Gasteiger partial charge in [0.25, 0.3) is 5.91 Å². The van der Waals surface area contributed by atoms with Crippen molar-refractivity contribution in [3.8, 4) is 5.75 Å². The number of carbonyl (C=O) groups is 2. The smallest absolute Gasteiger partial charge is 0.265 e. The number of fused-ring (bicyclic) bond motifs is 1. The van der Waals surface area contributed by atoms with E-state index in [1.165, 1.54) is 4.90 Å². The highest BCUT2D eigenvalue weighted by Crippen LogP contribution is 2.34. The molecule has 28 heavy (non-hydrogen) atoms. The lowest BCUT2D eigenvalue weighted by Gasteiger charge is -2.33. The molecule has 0 bridgehead atoms. The topological polar surface area (TPSA) is 61.9 Å². The van der Waals surface area contributed by atoms with E-state index in [4.69, 9.17) is 4.74 Å². The second-order valence-electron chi connectivity index (χ2n) is 6.91. The van der Waals surface area contributed by atoms with Crippen LogP contribution in [0, 0.1) is 6.92 Å². The van der Waals surface area contributed by atoms with Crippen molar-refractivity contribution in [1.82, 2.24) is 5.32 Å². The highest BCUT2D eigenvalue weighted by atomic mass is 16.5. The first-order chi connectivity index (χ1) is 13.5. The Kier molecular flexibility index (Phi) is 6.19. The summed E-state index contributed by atoms with van der Waals surface area (Å²) < 4.78 is 5.50. The van der Waals surface area contributed by atoms with Gasteiger partial charge in [-0.3, -0.25) is 14.5 Å². The van der Waals surface area contributed by atoms with Crippen LogP contribution in [-0.4, -0.2) is 44.1 Å². The fourth-order valence-corrected chi connectivity index (χ4v) is 3.39. The first kappa shape index (κ1) is 19.7. The van der Waals surface area contributed by atoms with Gasteiger partial charge >= 0.3 is 0 Å². The molecule has 2 amide bonds. The molecule has 6 heteroatoms. The summed E-state index contributed by atoms with van der Waals surface area (Å²) in [7, 11) is 0. The largest absolute Gasteiger partial charge is 0.482 e. The van der Waals surface area contributed by atoms with E-state index in [0.29, 0.717) is 24.5 Å². The van der Waals surface area contributed by atoms with Crippen molar-refractivity contribution in [1.29, 1.82) is 0 Å². The molecule has 0 fully saturated rings. The number of anilines is 2. The van der Waals surface area contributed by atoms with Gasteiger partial charge in [-0.25, -0.2) is 0 Å². The molecule has 0 saturated heterocycles. The van der Waals surface area contributed by atoms with E-state index >= 15 is 0 Å². The van der Waals surface area contributed by atoms with Gasteiger partial charge in [0.15, 0.2) is 6.61 Å². The Balaban J connectivity index is 1.63. The van der Waals surface area contributed by atoms with Crippen molar-refractivity contribution in [2.75, 3.05) is 36.0 Å². The Labute approximate surface area is 166 Å². The third-order valence-corrected chi connectivity index (χ3v) is 4.94. The minimum atomic E-state index is -0.608. The summed E-state index contributed by atoms with van der Waals surface area (Å²) in [5.74, 6) is 0.248. The highest BCUT2D eigenvalue weighted by molar-refractivity contribution is 6.03. The van der Waals surface area contributed by atoms with Gasteiger partial charge in [-0.05, 0) is 50.6 Å². The predicted molar refractivity (Wildman–Crippen MR) is 111 cm³/mol. The molecule has 148 valence electrons. The zero-order valence-corrected chi connectivity index (χ0v) is 16.6. The maximum atomic E-state index is 12.7. The molecule has 2 aromatic rings. The van der Waals surface area contributed by atoms with Crippen LogP contribution in [0.1, 0.15) is 19.4 Å². The number of para-hydroxylation sites is 1. The van der Waals surface area contributed by atoms with Crippen molar-refractivity contribution in [3.63, 3.8) is 0 Å². The van der Waals surface area contributed by atoms with Crippen LogP contribution in [0.15, 0.2) is 48.5 Å². The van der Waals surface area contributed by atoms with E-state index in [9.17, 15) is 9.59 Å². The lowest BCUT2D eigenvalue weighted by atomic mass is 10.1. The number of hydrogen-bond acceptors (Lipinski definition) is 4. The maximum absolute atomic E-state index is 12.7. The quantitative estimate of drug-likeness (QED) is 0.801. The normalized spacial score (nSPS) is 14.1. The zero-order valence-electron chi connectivity index (χ0n) is 16.6. The molecule has 6 nitrogen and oxygen atoms in total. The van der Waals surface area contributed by atoms with E-state index < -0.39 is 6.04 Å². The number of nitrogens with zero attached hydrogens (tertiary/aromatic N) is 2. The van der Waals surface area contributed by atoms with Crippen LogP contribution in [0.3, 0.4) is 0 Å². The van der Waals surface area contributed by atoms with Gasteiger partial charge in [0, 0.05) is 25.3 Å². The van der Waals surface area contributed by atoms with Crippen molar-refractivity contribution in [2.24, 2.45) is 0 Å². The number of benzene rings is 2. The number of ether oxygens (including phenoxy) is 1. The molecule has 1 aliphatic heterocycles. The van der Waals surface area contributed by atoms with Crippen molar-refractivity contribution >= 4 is 23.2 Å². The summed E-state index contributed by atoms with van der Waals surface area (Å²) >= 11 is 0. The van der Waals surface area contributed by atoms with Crippen LogP contribution in [0.2, 0.25) is 0 Å². The molecule has 0 spiro atoms. The third kappa shape index (κ3) is 4.27. The molecule has 3 rings (SSSR count). The number of nitrogens with one attached hydrogen (secondary N) is 1. The summed E-state index contributed by atoms with van der Waals surface area (Å²) in [6.45, 7) is 7.79. The summed E-state index contributed by atoms with van der Waals surface area (Å²) in [5.41, 5.74) is 2.79. The van der Waals surface area contributed by atoms with Crippen LogP contribution < -0.4 is 19.9 Å². The minimum absolute atomic E-state index is 0.0503. The Morgan fingerprint density at radius 3 is 2.71 bits per heavy atom. The predicted octanol–water partition coefficient (Wildman–Crippen LogP) is 2.75. The standard InChI is InChI=1S/C22H27N3O3/c1-4-24(18-8-6-5-7-9-18)13-12-23-22(27)17(3)25-19-14-16(2)10-11-20(19)28-15-21(25)26/h5-11,14,17H,4,12-13,15H2,1-3H3,(H,23,27)/t17-/m1/s1. The van der Waals surface area contributed by atoms with E-state index in [1.54, 1.807) is 6.92 Å². The molecule has 1 aliphatic rings. The van der Waals surface area contributed by atoms with Gasteiger partial charge in [0.2, 0.25) is 5.91 Å². The fourth-order valence-electron chi connectivity index (χ4n) is 3.39. The molecule has 2 aromatic carbocycles. The summed E-state index contributed by atoms with van der Waals surface area (Å²) in [5, 5.41) is 2.96. The number of amides is 2. The number of hydrogen-bond donors (Lipinski definition) is 1. The molecular formula is C22H27N3O3. The third-order valence-electron chi connectivity index (χ3n) is 4.94. The first-order valence-electron chi connectivity index (χ1n) is 9.64. The summed E-state index contributed by atoms with van der Waals surface area (Å²) in [4.78, 5) is 28.9.